The number of hydrogen-bond acceptors (Lipinski definition) is 5. The van der Waals surface area contributed by atoms with Crippen molar-refractivity contribution in [2.24, 2.45) is 7.05 Å². The van der Waals surface area contributed by atoms with Crippen LogP contribution in [0.4, 0.5) is 14.5 Å². The summed E-state index contributed by atoms with van der Waals surface area (Å²) in [6.07, 6.45) is 0. The molecule has 0 aliphatic rings. The van der Waals surface area contributed by atoms with Gasteiger partial charge >= 0.3 is 11.7 Å². The molecule has 0 saturated carbocycles. The number of fused-ring (bicyclic) bond motifs is 1. The van der Waals surface area contributed by atoms with Crippen LogP contribution in [0.1, 0.15) is 0 Å². The first-order chi connectivity index (χ1) is 14.8. The van der Waals surface area contributed by atoms with Gasteiger partial charge in [0.1, 0.15) is 6.54 Å². The van der Waals surface area contributed by atoms with Gasteiger partial charge in [-0.05, 0) is 24.3 Å². The van der Waals surface area contributed by atoms with E-state index >= 15 is 0 Å². The van der Waals surface area contributed by atoms with E-state index in [0.717, 1.165) is 18.2 Å². The zero-order valence-electron chi connectivity index (χ0n) is 16.4. The lowest BCUT2D eigenvalue weighted by Crippen LogP contribution is -2.36. The number of aromatic nitrogens is 2. The van der Waals surface area contributed by atoms with Gasteiger partial charge < -0.3 is 15.4 Å². The molecule has 3 aromatic rings. The van der Waals surface area contributed by atoms with Gasteiger partial charge in [0.05, 0.1) is 17.6 Å². The summed E-state index contributed by atoms with van der Waals surface area (Å²) in [5, 5.41) is 4.50. The van der Waals surface area contributed by atoms with Crippen molar-refractivity contribution >= 4 is 34.5 Å². The van der Waals surface area contributed by atoms with Gasteiger partial charge in [0.2, 0.25) is 5.91 Å². The largest absolute Gasteiger partial charge is 0.454 e. The van der Waals surface area contributed by atoms with Crippen molar-refractivity contribution in [2.45, 2.75) is 6.54 Å². The molecule has 3 rings (SSSR count). The number of anilines is 1. The Hall–Kier alpha value is -4.02. The van der Waals surface area contributed by atoms with E-state index in [1.165, 1.54) is 9.13 Å². The highest BCUT2D eigenvalue weighted by molar-refractivity contribution is 5.94. The molecule has 11 heteroatoms. The molecule has 0 fully saturated rings. The van der Waals surface area contributed by atoms with E-state index in [1.807, 2.05) is 0 Å². The van der Waals surface area contributed by atoms with Crippen LogP contribution < -0.4 is 16.3 Å². The highest BCUT2D eigenvalue weighted by Crippen LogP contribution is 2.13. The van der Waals surface area contributed by atoms with Gasteiger partial charge in [-0.2, -0.15) is 0 Å². The number of ether oxygens (including phenoxy) is 1. The predicted octanol–water partition coefficient (Wildman–Crippen LogP) is 0.916. The molecule has 9 nitrogen and oxygen atoms in total. The summed E-state index contributed by atoms with van der Waals surface area (Å²) in [5.41, 5.74) is 0.803. The molecule has 31 heavy (non-hydrogen) atoms. The predicted molar refractivity (Wildman–Crippen MR) is 106 cm³/mol. The molecule has 1 heterocycles. The van der Waals surface area contributed by atoms with Crippen molar-refractivity contribution in [1.82, 2.24) is 14.5 Å². The Morgan fingerprint density at radius 2 is 1.71 bits per heavy atom. The summed E-state index contributed by atoms with van der Waals surface area (Å²) in [7, 11) is 1.57. The van der Waals surface area contributed by atoms with Crippen LogP contribution in [-0.4, -0.2) is 40.1 Å². The third-order valence-electron chi connectivity index (χ3n) is 4.35. The van der Waals surface area contributed by atoms with Gasteiger partial charge in [-0.25, -0.2) is 13.6 Å². The SMILES string of the molecule is Cn1c(=O)n(CC(=O)OCC(=O)NCC(=O)Nc2ccc(F)c(F)c2)c2ccccc21. The zero-order valence-corrected chi connectivity index (χ0v) is 16.4. The third-order valence-corrected chi connectivity index (χ3v) is 4.35. The maximum absolute atomic E-state index is 13.1. The smallest absolute Gasteiger partial charge is 0.329 e. The number of aryl methyl sites for hydroxylation is 1. The van der Waals surface area contributed by atoms with Gasteiger partial charge in [0.25, 0.3) is 5.91 Å². The number of benzene rings is 2. The highest BCUT2D eigenvalue weighted by Gasteiger charge is 2.15. The van der Waals surface area contributed by atoms with E-state index < -0.39 is 48.3 Å². The lowest BCUT2D eigenvalue weighted by atomic mass is 10.3. The summed E-state index contributed by atoms with van der Waals surface area (Å²) in [4.78, 5) is 47.9. The molecular formula is C20H18F2N4O5. The number of rotatable bonds is 7. The number of nitrogens with zero attached hydrogens (tertiary/aromatic N) is 2. The number of esters is 1. The maximum Gasteiger partial charge on any atom is 0.329 e. The molecule has 2 aromatic carbocycles. The van der Waals surface area contributed by atoms with E-state index in [4.69, 9.17) is 4.74 Å². The Kier molecular flexibility index (Phi) is 6.43. The van der Waals surface area contributed by atoms with Gasteiger partial charge in [0.15, 0.2) is 18.2 Å². The second-order valence-corrected chi connectivity index (χ2v) is 6.53. The fourth-order valence-electron chi connectivity index (χ4n) is 2.85. The molecule has 0 spiro atoms. The summed E-state index contributed by atoms with van der Waals surface area (Å²) in [6, 6.07) is 9.71. The van der Waals surface area contributed by atoms with E-state index in [1.54, 1.807) is 31.3 Å². The van der Waals surface area contributed by atoms with Crippen LogP contribution in [0.2, 0.25) is 0 Å². The standard InChI is InChI=1S/C20H18F2N4O5/c1-25-15-4-2-3-5-16(15)26(20(25)30)10-19(29)31-11-18(28)23-9-17(27)24-12-6-7-13(21)14(22)8-12/h2-8H,9-11H2,1H3,(H,23,28)(H,24,27). The minimum atomic E-state index is -1.13. The average Bonchev–Trinajstić information content (AvgIpc) is 2.98. The quantitative estimate of drug-likeness (QED) is 0.540. The topological polar surface area (TPSA) is 111 Å². The van der Waals surface area contributed by atoms with Gasteiger partial charge in [0, 0.05) is 18.8 Å². The molecule has 2 amide bonds. The van der Waals surface area contributed by atoms with Crippen molar-refractivity contribution in [2.75, 3.05) is 18.5 Å². The normalized spacial score (nSPS) is 10.7. The lowest BCUT2D eigenvalue weighted by Gasteiger charge is -2.08. The van der Waals surface area contributed by atoms with Crippen molar-refractivity contribution in [1.29, 1.82) is 0 Å². The number of para-hydroxylation sites is 2. The maximum atomic E-state index is 13.1. The number of nitrogens with one attached hydrogen (secondary N) is 2. The Balaban J connectivity index is 1.47. The molecule has 162 valence electrons. The lowest BCUT2D eigenvalue weighted by molar-refractivity contribution is -0.149. The van der Waals surface area contributed by atoms with Crippen LogP contribution in [0, 0.1) is 11.6 Å². The average molecular weight is 432 g/mol. The minimum absolute atomic E-state index is 0.0186. The van der Waals surface area contributed by atoms with Crippen LogP contribution in [-0.2, 0) is 32.7 Å². The first kappa shape index (κ1) is 21.7. The molecule has 0 aliphatic carbocycles. The summed E-state index contributed by atoms with van der Waals surface area (Å²) < 4.78 is 33.5. The van der Waals surface area contributed by atoms with Crippen LogP contribution in [0.3, 0.4) is 0 Å². The molecular weight excluding hydrogens is 414 g/mol. The van der Waals surface area contributed by atoms with E-state index in [-0.39, 0.29) is 12.2 Å². The Morgan fingerprint density at radius 3 is 2.42 bits per heavy atom. The Morgan fingerprint density at radius 1 is 1.00 bits per heavy atom. The number of amides is 2. The number of carbonyl (C=O) groups excluding carboxylic acids is 3. The molecule has 2 N–H and O–H groups in total. The molecule has 0 unspecified atom stereocenters. The minimum Gasteiger partial charge on any atom is -0.454 e. The second kappa shape index (κ2) is 9.20. The number of carbonyl (C=O) groups is 3. The Bertz CT molecular complexity index is 1220. The van der Waals surface area contributed by atoms with E-state index in [9.17, 15) is 28.0 Å². The van der Waals surface area contributed by atoms with E-state index in [2.05, 4.69) is 10.6 Å². The van der Waals surface area contributed by atoms with Crippen molar-refractivity contribution in [3.63, 3.8) is 0 Å². The van der Waals surface area contributed by atoms with Crippen LogP contribution in [0.5, 0.6) is 0 Å². The third kappa shape index (κ3) is 5.13. The first-order valence-corrected chi connectivity index (χ1v) is 9.07. The molecule has 0 atom stereocenters. The fourth-order valence-corrected chi connectivity index (χ4v) is 2.85. The molecule has 1 aromatic heterocycles. The monoisotopic (exact) mass is 432 g/mol. The van der Waals surface area contributed by atoms with Crippen LogP contribution in [0.15, 0.2) is 47.3 Å². The van der Waals surface area contributed by atoms with E-state index in [0.29, 0.717) is 11.0 Å². The summed E-state index contributed by atoms with van der Waals surface area (Å²) in [6.45, 7) is -1.51. The van der Waals surface area contributed by atoms with Crippen molar-refractivity contribution in [3.05, 3.63) is 64.6 Å². The van der Waals surface area contributed by atoms with Crippen molar-refractivity contribution < 1.29 is 27.9 Å². The number of hydrogen-bond donors (Lipinski definition) is 2. The summed E-state index contributed by atoms with van der Waals surface area (Å²) >= 11 is 0. The fraction of sp³-hybridized carbons (Fsp3) is 0.200. The first-order valence-electron chi connectivity index (χ1n) is 9.07. The second-order valence-electron chi connectivity index (χ2n) is 6.53. The number of halogens is 2. The summed E-state index contributed by atoms with van der Waals surface area (Å²) in [5.74, 6) is -4.43. The molecule has 0 bridgehead atoms. The molecule has 0 saturated heterocycles. The van der Waals surface area contributed by atoms with Gasteiger partial charge in [-0.15, -0.1) is 0 Å². The number of imidazole rings is 1. The van der Waals surface area contributed by atoms with Crippen LogP contribution in [0.25, 0.3) is 11.0 Å². The van der Waals surface area contributed by atoms with Crippen molar-refractivity contribution in [3.8, 4) is 0 Å². The molecule has 0 aliphatic heterocycles. The van der Waals surface area contributed by atoms with Gasteiger partial charge in [-0.3, -0.25) is 23.5 Å². The van der Waals surface area contributed by atoms with Gasteiger partial charge in [-0.1, -0.05) is 12.1 Å². The molecule has 0 radical (unpaired) electrons. The highest BCUT2D eigenvalue weighted by atomic mass is 19.2. The zero-order chi connectivity index (χ0) is 22.5. The Labute approximate surface area is 174 Å². The van der Waals surface area contributed by atoms with Crippen LogP contribution >= 0.6 is 0 Å².